The maximum atomic E-state index is 10.5. The molecule has 72 valence electrons. The van der Waals surface area contributed by atoms with Gasteiger partial charge in [0.1, 0.15) is 6.04 Å². The Balaban J connectivity index is 2.69. The van der Waals surface area contributed by atoms with Gasteiger partial charge in [0.2, 0.25) is 0 Å². The van der Waals surface area contributed by atoms with Crippen molar-refractivity contribution in [2.45, 2.75) is 26.8 Å². The van der Waals surface area contributed by atoms with Crippen molar-refractivity contribution in [1.29, 1.82) is 0 Å². The topological polar surface area (TPSA) is 62.2 Å². The molecule has 0 saturated heterocycles. The summed E-state index contributed by atoms with van der Waals surface area (Å²) < 4.78 is 0. The lowest BCUT2D eigenvalue weighted by Crippen LogP contribution is -2.25. The van der Waals surface area contributed by atoms with Crippen LogP contribution in [0, 0.1) is 13.8 Å². The third-order valence-corrected chi connectivity index (χ3v) is 2.74. The van der Waals surface area contributed by atoms with Crippen molar-refractivity contribution in [3.8, 4) is 0 Å². The van der Waals surface area contributed by atoms with Crippen LogP contribution in [0.15, 0.2) is 0 Å². The molecule has 0 radical (unpaired) electrons. The molecule has 13 heavy (non-hydrogen) atoms. The van der Waals surface area contributed by atoms with E-state index in [1.807, 2.05) is 13.8 Å². The van der Waals surface area contributed by atoms with Crippen LogP contribution >= 0.6 is 11.3 Å². The number of rotatable bonds is 3. The molecule has 0 bridgehead atoms. The lowest BCUT2D eigenvalue weighted by Gasteiger charge is -2.05. The van der Waals surface area contributed by atoms with Crippen LogP contribution < -0.4 is 5.32 Å². The van der Waals surface area contributed by atoms with Crippen LogP contribution in [-0.4, -0.2) is 22.1 Å². The van der Waals surface area contributed by atoms with Crippen LogP contribution in [0.4, 0.5) is 5.13 Å². The first-order valence-electron chi connectivity index (χ1n) is 3.94. The molecule has 0 saturated carbocycles. The summed E-state index contributed by atoms with van der Waals surface area (Å²) in [7, 11) is 0. The number of anilines is 1. The van der Waals surface area contributed by atoms with Gasteiger partial charge in [-0.3, -0.25) is 4.79 Å². The van der Waals surface area contributed by atoms with E-state index in [4.69, 9.17) is 5.11 Å². The fourth-order valence-corrected chi connectivity index (χ4v) is 1.68. The molecule has 4 nitrogen and oxygen atoms in total. The van der Waals surface area contributed by atoms with Crippen LogP contribution in [0.25, 0.3) is 0 Å². The number of aryl methyl sites for hydroxylation is 2. The zero-order valence-electron chi connectivity index (χ0n) is 7.79. The van der Waals surface area contributed by atoms with Gasteiger partial charge in [-0.15, -0.1) is 11.3 Å². The third kappa shape index (κ3) is 2.42. The highest BCUT2D eigenvalue weighted by molar-refractivity contribution is 7.15. The summed E-state index contributed by atoms with van der Waals surface area (Å²) in [5.41, 5.74) is 0.949. The summed E-state index contributed by atoms with van der Waals surface area (Å²) in [5.74, 6) is -0.870. The fourth-order valence-electron chi connectivity index (χ4n) is 0.781. The quantitative estimate of drug-likeness (QED) is 0.778. The lowest BCUT2D eigenvalue weighted by molar-refractivity contribution is -0.137. The summed E-state index contributed by atoms with van der Waals surface area (Å²) in [5, 5.41) is 12.1. The Morgan fingerprint density at radius 3 is 2.62 bits per heavy atom. The minimum Gasteiger partial charge on any atom is -0.480 e. The van der Waals surface area contributed by atoms with E-state index in [0.29, 0.717) is 5.13 Å². The number of aliphatic carboxylic acids is 1. The van der Waals surface area contributed by atoms with Gasteiger partial charge in [0, 0.05) is 4.88 Å². The summed E-state index contributed by atoms with van der Waals surface area (Å²) in [6, 6.07) is -0.593. The SMILES string of the molecule is Cc1nc(NC(C)C(=O)O)sc1C. The van der Waals surface area contributed by atoms with Gasteiger partial charge in [-0.2, -0.15) is 0 Å². The van der Waals surface area contributed by atoms with Gasteiger partial charge >= 0.3 is 5.97 Å². The second-order valence-corrected chi connectivity index (χ2v) is 4.07. The van der Waals surface area contributed by atoms with E-state index in [-0.39, 0.29) is 0 Å². The zero-order chi connectivity index (χ0) is 10.0. The van der Waals surface area contributed by atoms with E-state index >= 15 is 0 Å². The number of nitrogens with one attached hydrogen (secondary N) is 1. The fraction of sp³-hybridized carbons (Fsp3) is 0.500. The molecular weight excluding hydrogens is 188 g/mol. The van der Waals surface area contributed by atoms with Crippen LogP contribution in [0.1, 0.15) is 17.5 Å². The van der Waals surface area contributed by atoms with E-state index in [0.717, 1.165) is 10.6 Å². The molecule has 0 aliphatic carbocycles. The zero-order valence-corrected chi connectivity index (χ0v) is 8.60. The molecule has 1 aromatic rings. The summed E-state index contributed by atoms with van der Waals surface area (Å²) in [6.07, 6.45) is 0. The highest BCUT2D eigenvalue weighted by Gasteiger charge is 2.12. The van der Waals surface area contributed by atoms with Crippen molar-refractivity contribution in [1.82, 2.24) is 4.98 Å². The summed E-state index contributed by atoms with van der Waals surface area (Å²) >= 11 is 1.47. The number of hydrogen-bond donors (Lipinski definition) is 2. The van der Waals surface area contributed by atoms with Gasteiger partial charge in [-0.25, -0.2) is 4.98 Å². The van der Waals surface area contributed by atoms with Crippen LogP contribution in [0.2, 0.25) is 0 Å². The van der Waals surface area contributed by atoms with E-state index in [1.54, 1.807) is 6.92 Å². The molecule has 5 heteroatoms. The molecule has 1 rings (SSSR count). The number of aromatic nitrogens is 1. The van der Waals surface area contributed by atoms with Gasteiger partial charge in [0.15, 0.2) is 5.13 Å². The van der Waals surface area contributed by atoms with E-state index < -0.39 is 12.0 Å². The van der Waals surface area contributed by atoms with Crippen LogP contribution in [0.3, 0.4) is 0 Å². The average molecular weight is 200 g/mol. The molecular formula is C8H12N2O2S. The highest BCUT2D eigenvalue weighted by atomic mass is 32.1. The molecule has 1 heterocycles. The van der Waals surface area contributed by atoms with Gasteiger partial charge < -0.3 is 10.4 Å². The number of hydrogen-bond acceptors (Lipinski definition) is 4. The first-order valence-corrected chi connectivity index (χ1v) is 4.75. The van der Waals surface area contributed by atoms with Gasteiger partial charge in [0.05, 0.1) is 5.69 Å². The van der Waals surface area contributed by atoms with Crippen LogP contribution in [-0.2, 0) is 4.79 Å². The number of carboxylic acids is 1. The molecule has 0 spiro atoms. The molecule has 0 aliphatic heterocycles. The predicted molar refractivity (Wildman–Crippen MR) is 52.3 cm³/mol. The molecule has 0 amide bonds. The maximum Gasteiger partial charge on any atom is 0.325 e. The Labute approximate surface area is 80.6 Å². The summed E-state index contributed by atoms with van der Waals surface area (Å²) in [6.45, 7) is 5.46. The third-order valence-electron chi connectivity index (χ3n) is 1.74. The average Bonchev–Trinajstić information content (AvgIpc) is 2.31. The Hall–Kier alpha value is -1.10. The van der Waals surface area contributed by atoms with Crippen molar-refractivity contribution in [3.05, 3.63) is 10.6 Å². The van der Waals surface area contributed by atoms with Crippen molar-refractivity contribution < 1.29 is 9.90 Å². The Morgan fingerprint density at radius 1 is 1.62 bits per heavy atom. The molecule has 2 N–H and O–H groups in total. The van der Waals surface area contributed by atoms with Gasteiger partial charge in [-0.1, -0.05) is 0 Å². The number of thiazole rings is 1. The predicted octanol–water partition coefficient (Wildman–Crippen LogP) is 1.64. The highest BCUT2D eigenvalue weighted by Crippen LogP contribution is 2.21. The monoisotopic (exact) mass is 200 g/mol. The Morgan fingerprint density at radius 2 is 2.23 bits per heavy atom. The minimum atomic E-state index is -0.870. The van der Waals surface area contributed by atoms with Crippen molar-refractivity contribution in [2.75, 3.05) is 5.32 Å². The number of nitrogens with zero attached hydrogens (tertiary/aromatic N) is 1. The molecule has 1 unspecified atom stereocenters. The number of carbonyl (C=O) groups is 1. The number of carboxylic acid groups (broad SMARTS) is 1. The molecule has 1 aromatic heterocycles. The first kappa shape index (κ1) is 9.98. The molecule has 0 aliphatic rings. The standard InChI is InChI=1S/C8H12N2O2S/c1-4-6(3)13-8(9-4)10-5(2)7(11)12/h5H,1-3H3,(H,9,10)(H,11,12). The smallest absolute Gasteiger partial charge is 0.325 e. The second-order valence-electron chi connectivity index (χ2n) is 2.86. The molecule has 0 fully saturated rings. The molecule has 0 aromatic carbocycles. The Kier molecular flexibility index (Phi) is 2.87. The van der Waals surface area contributed by atoms with Gasteiger partial charge in [0.25, 0.3) is 0 Å². The van der Waals surface area contributed by atoms with Crippen molar-refractivity contribution in [2.24, 2.45) is 0 Å². The van der Waals surface area contributed by atoms with Crippen LogP contribution in [0.5, 0.6) is 0 Å². The summed E-state index contributed by atoms with van der Waals surface area (Å²) in [4.78, 5) is 15.8. The molecule has 1 atom stereocenters. The lowest BCUT2D eigenvalue weighted by atomic mass is 10.4. The Bertz CT molecular complexity index is 302. The van der Waals surface area contributed by atoms with Gasteiger partial charge in [-0.05, 0) is 20.8 Å². The van der Waals surface area contributed by atoms with Crippen molar-refractivity contribution in [3.63, 3.8) is 0 Å². The first-order chi connectivity index (χ1) is 6.00. The maximum absolute atomic E-state index is 10.5. The minimum absolute atomic E-state index is 0.593. The second kappa shape index (κ2) is 3.74. The largest absolute Gasteiger partial charge is 0.480 e. The van der Waals surface area contributed by atoms with Crippen molar-refractivity contribution >= 4 is 22.4 Å². The van der Waals surface area contributed by atoms with E-state index in [9.17, 15) is 4.79 Å². The van der Waals surface area contributed by atoms with E-state index in [2.05, 4.69) is 10.3 Å². The van der Waals surface area contributed by atoms with E-state index in [1.165, 1.54) is 11.3 Å². The normalized spacial score (nSPS) is 12.5.